The largest absolute Gasteiger partial charge is 0.236 e. The maximum absolute atomic E-state index is 14.6. The van der Waals surface area contributed by atoms with Crippen LogP contribution in [0.1, 0.15) is 26.3 Å². The van der Waals surface area contributed by atoms with Crippen molar-refractivity contribution >= 4 is 32.8 Å². The number of nitrogens with zero attached hydrogens (tertiary/aromatic N) is 1. The molecule has 21 heavy (non-hydrogen) atoms. The van der Waals surface area contributed by atoms with Gasteiger partial charge in [0.25, 0.3) is 0 Å². The third kappa shape index (κ3) is 2.82. The Balaban J connectivity index is 2.82. The SMILES string of the molecule is CC(C)(C)c1c(F)c(Cl)cc(S(=O)(=O)c2nccs2)c1F. The minimum atomic E-state index is -4.17. The summed E-state index contributed by atoms with van der Waals surface area (Å²) in [6.45, 7) is 4.72. The summed E-state index contributed by atoms with van der Waals surface area (Å²) >= 11 is 6.60. The monoisotopic (exact) mass is 351 g/mol. The Morgan fingerprint density at radius 2 is 1.86 bits per heavy atom. The Bertz CT molecular complexity index is 781. The van der Waals surface area contributed by atoms with Crippen molar-refractivity contribution in [2.45, 2.75) is 35.4 Å². The molecule has 0 spiro atoms. The quantitative estimate of drug-likeness (QED) is 0.601. The molecule has 0 aliphatic rings. The van der Waals surface area contributed by atoms with Gasteiger partial charge in [0, 0.05) is 17.1 Å². The van der Waals surface area contributed by atoms with E-state index in [-0.39, 0.29) is 9.90 Å². The first kappa shape index (κ1) is 16.3. The van der Waals surface area contributed by atoms with Crippen molar-refractivity contribution in [3.8, 4) is 0 Å². The number of benzene rings is 1. The topological polar surface area (TPSA) is 47.0 Å². The summed E-state index contributed by atoms with van der Waals surface area (Å²) in [7, 11) is -4.17. The van der Waals surface area contributed by atoms with Gasteiger partial charge in [-0.15, -0.1) is 11.3 Å². The number of rotatable bonds is 2. The van der Waals surface area contributed by atoms with Crippen LogP contribution in [0.15, 0.2) is 26.9 Å². The summed E-state index contributed by atoms with van der Waals surface area (Å²) in [6.07, 6.45) is 1.30. The lowest BCUT2D eigenvalue weighted by atomic mass is 9.86. The molecule has 3 nitrogen and oxygen atoms in total. The Hall–Kier alpha value is -1.05. The van der Waals surface area contributed by atoms with Crippen LogP contribution in [0.4, 0.5) is 8.78 Å². The first-order chi connectivity index (χ1) is 9.56. The first-order valence-corrected chi connectivity index (χ1v) is 8.63. The molecule has 8 heteroatoms. The zero-order chi connectivity index (χ0) is 16.0. The summed E-state index contributed by atoms with van der Waals surface area (Å²) in [4.78, 5) is 3.02. The highest BCUT2D eigenvalue weighted by Gasteiger charge is 2.33. The molecule has 1 heterocycles. The summed E-state index contributed by atoms with van der Waals surface area (Å²) in [5.74, 6) is -2.07. The molecule has 0 saturated carbocycles. The Labute approximate surface area is 130 Å². The Morgan fingerprint density at radius 3 is 2.33 bits per heavy atom. The van der Waals surface area contributed by atoms with Gasteiger partial charge in [-0.25, -0.2) is 22.2 Å². The summed E-state index contributed by atoms with van der Waals surface area (Å²) < 4.78 is 53.2. The molecule has 0 unspecified atom stereocenters. The van der Waals surface area contributed by atoms with Gasteiger partial charge in [0.05, 0.1) is 5.02 Å². The van der Waals surface area contributed by atoms with E-state index in [1.165, 1.54) is 11.6 Å². The van der Waals surface area contributed by atoms with E-state index in [0.717, 1.165) is 17.4 Å². The van der Waals surface area contributed by atoms with Crippen LogP contribution in [0.2, 0.25) is 5.02 Å². The molecule has 0 radical (unpaired) electrons. The highest BCUT2D eigenvalue weighted by Crippen LogP contribution is 2.37. The Kier molecular flexibility index (Phi) is 4.12. The van der Waals surface area contributed by atoms with Crippen LogP contribution in [-0.2, 0) is 15.3 Å². The van der Waals surface area contributed by atoms with Crippen LogP contribution in [-0.4, -0.2) is 13.4 Å². The average molecular weight is 352 g/mol. The van der Waals surface area contributed by atoms with Crippen molar-refractivity contribution in [1.29, 1.82) is 0 Å². The van der Waals surface area contributed by atoms with Crippen LogP contribution >= 0.6 is 22.9 Å². The normalized spacial score (nSPS) is 12.7. The predicted octanol–water partition coefficient (Wildman–Crippen LogP) is 4.21. The molecule has 0 fully saturated rings. The molecule has 0 aliphatic carbocycles. The molecule has 114 valence electrons. The lowest BCUT2D eigenvalue weighted by molar-refractivity contribution is 0.462. The minimum absolute atomic E-state index is 0.260. The molecule has 0 bridgehead atoms. The summed E-state index contributed by atoms with van der Waals surface area (Å²) in [5, 5.41) is 1.03. The van der Waals surface area contributed by atoms with Gasteiger partial charge in [0.2, 0.25) is 14.2 Å². The Morgan fingerprint density at radius 1 is 1.24 bits per heavy atom. The van der Waals surface area contributed by atoms with Crippen molar-refractivity contribution in [1.82, 2.24) is 4.98 Å². The van der Waals surface area contributed by atoms with Gasteiger partial charge in [-0.2, -0.15) is 0 Å². The number of hydrogen-bond donors (Lipinski definition) is 0. The molecule has 2 rings (SSSR count). The van der Waals surface area contributed by atoms with Gasteiger partial charge in [-0.1, -0.05) is 32.4 Å². The second-order valence-electron chi connectivity index (χ2n) is 5.41. The van der Waals surface area contributed by atoms with Gasteiger partial charge in [0.15, 0.2) is 0 Å². The molecule has 0 atom stereocenters. The van der Waals surface area contributed by atoms with E-state index in [1.807, 2.05) is 0 Å². The standard InChI is InChI=1S/C13H12ClF2NO2S2/c1-13(2,3)9-10(15)7(14)6-8(11(9)16)21(18,19)12-17-4-5-20-12/h4-6H,1-3H3. The smallest absolute Gasteiger partial charge is 0.233 e. The first-order valence-electron chi connectivity index (χ1n) is 5.89. The molecule has 1 aromatic heterocycles. The third-order valence-corrected chi connectivity index (χ3v) is 6.03. The lowest BCUT2D eigenvalue weighted by Crippen LogP contribution is -2.19. The number of sulfone groups is 1. The van der Waals surface area contributed by atoms with E-state index < -0.39 is 36.8 Å². The summed E-state index contributed by atoms with van der Waals surface area (Å²) in [6, 6.07) is 0.790. The highest BCUT2D eigenvalue weighted by atomic mass is 35.5. The number of hydrogen-bond acceptors (Lipinski definition) is 4. The molecule has 2 aromatic rings. The van der Waals surface area contributed by atoms with Gasteiger partial charge in [-0.05, 0) is 11.5 Å². The van der Waals surface area contributed by atoms with Crippen molar-refractivity contribution in [2.24, 2.45) is 0 Å². The molecule has 0 aliphatic heterocycles. The van der Waals surface area contributed by atoms with Crippen LogP contribution in [0.3, 0.4) is 0 Å². The summed E-state index contributed by atoms with van der Waals surface area (Å²) in [5.41, 5.74) is -1.29. The second kappa shape index (κ2) is 5.30. The maximum Gasteiger partial charge on any atom is 0.236 e. The van der Waals surface area contributed by atoms with E-state index in [9.17, 15) is 17.2 Å². The van der Waals surface area contributed by atoms with Crippen molar-refractivity contribution in [3.63, 3.8) is 0 Å². The van der Waals surface area contributed by atoms with Gasteiger partial charge < -0.3 is 0 Å². The van der Waals surface area contributed by atoms with Crippen LogP contribution in [0.25, 0.3) is 0 Å². The molecular formula is C13H12ClF2NO2S2. The van der Waals surface area contributed by atoms with Crippen LogP contribution < -0.4 is 0 Å². The highest BCUT2D eigenvalue weighted by molar-refractivity contribution is 7.93. The fourth-order valence-corrected chi connectivity index (χ4v) is 4.44. The fraction of sp³-hybridized carbons (Fsp3) is 0.308. The number of aromatic nitrogens is 1. The van der Waals surface area contributed by atoms with Crippen molar-refractivity contribution < 1.29 is 17.2 Å². The maximum atomic E-state index is 14.6. The molecule has 0 N–H and O–H groups in total. The molecule has 1 aromatic carbocycles. The van der Waals surface area contributed by atoms with Crippen LogP contribution in [0, 0.1) is 11.6 Å². The zero-order valence-corrected chi connectivity index (χ0v) is 13.8. The average Bonchev–Trinajstić information content (AvgIpc) is 2.86. The van der Waals surface area contributed by atoms with Gasteiger partial charge in [0.1, 0.15) is 16.5 Å². The fourth-order valence-electron chi connectivity index (χ4n) is 1.87. The predicted molar refractivity (Wildman–Crippen MR) is 77.6 cm³/mol. The van der Waals surface area contributed by atoms with Crippen LogP contribution in [0.5, 0.6) is 0 Å². The third-order valence-electron chi connectivity index (χ3n) is 2.80. The minimum Gasteiger partial charge on any atom is -0.233 e. The van der Waals surface area contributed by atoms with Gasteiger partial charge in [-0.3, -0.25) is 0 Å². The number of thiazole rings is 1. The molecular weight excluding hydrogens is 340 g/mol. The molecule has 0 saturated heterocycles. The van der Waals surface area contributed by atoms with Gasteiger partial charge >= 0.3 is 0 Å². The van der Waals surface area contributed by atoms with Crippen molar-refractivity contribution in [2.75, 3.05) is 0 Å². The number of halogens is 3. The van der Waals surface area contributed by atoms with E-state index in [0.29, 0.717) is 0 Å². The van der Waals surface area contributed by atoms with E-state index in [2.05, 4.69) is 4.98 Å². The zero-order valence-electron chi connectivity index (χ0n) is 11.4. The molecule has 0 amide bonds. The van der Waals surface area contributed by atoms with E-state index in [4.69, 9.17) is 11.6 Å². The van der Waals surface area contributed by atoms with E-state index >= 15 is 0 Å². The van der Waals surface area contributed by atoms with E-state index in [1.54, 1.807) is 20.8 Å². The van der Waals surface area contributed by atoms with Crippen molar-refractivity contribution in [3.05, 3.63) is 39.9 Å². The lowest BCUT2D eigenvalue weighted by Gasteiger charge is -2.22. The second-order valence-corrected chi connectivity index (χ2v) is 8.80.